The molecule has 0 aromatic carbocycles. The fraction of sp³-hybridized carbons (Fsp3) is 0.944. The first-order valence-corrected chi connectivity index (χ1v) is 9.60. The zero-order valence-electron chi connectivity index (χ0n) is 15.5. The summed E-state index contributed by atoms with van der Waals surface area (Å²) < 4.78 is 0. The molecule has 2 aliphatic rings. The van der Waals surface area contributed by atoms with E-state index in [1.165, 1.54) is 64.8 Å². The zero-order chi connectivity index (χ0) is 16.5. The van der Waals surface area contributed by atoms with Crippen molar-refractivity contribution in [2.75, 3.05) is 59.4 Å². The van der Waals surface area contributed by atoms with E-state index in [-0.39, 0.29) is 0 Å². The van der Waals surface area contributed by atoms with Crippen molar-refractivity contribution >= 4 is 5.96 Å². The molecular formula is C18H37N5. The van der Waals surface area contributed by atoms with E-state index in [1.54, 1.807) is 0 Å². The maximum atomic E-state index is 4.39. The standard InChI is InChI=1S/C18H37N5/c1-4-18(8-6-7-9-18)16-21-17(19-3)20-10-11-23-14-12-22(5-2)13-15-23/h4-16H2,1-3H3,(H2,19,20,21). The highest BCUT2D eigenvalue weighted by Gasteiger charge is 2.31. The topological polar surface area (TPSA) is 42.9 Å². The molecule has 1 saturated carbocycles. The Morgan fingerprint density at radius 3 is 2.22 bits per heavy atom. The quantitative estimate of drug-likeness (QED) is 0.553. The molecule has 0 radical (unpaired) electrons. The van der Waals surface area contributed by atoms with E-state index in [0.29, 0.717) is 5.41 Å². The molecule has 5 heteroatoms. The van der Waals surface area contributed by atoms with Gasteiger partial charge >= 0.3 is 0 Å². The van der Waals surface area contributed by atoms with E-state index in [0.717, 1.165) is 25.6 Å². The van der Waals surface area contributed by atoms with Crippen LogP contribution in [0.5, 0.6) is 0 Å². The predicted octanol–water partition coefficient (Wildman–Crippen LogP) is 1.76. The van der Waals surface area contributed by atoms with Crippen LogP contribution in [0.15, 0.2) is 4.99 Å². The van der Waals surface area contributed by atoms with E-state index < -0.39 is 0 Å². The molecule has 0 aromatic rings. The number of rotatable bonds is 7. The largest absolute Gasteiger partial charge is 0.356 e. The second-order valence-electron chi connectivity index (χ2n) is 7.19. The van der Waals surface area contributed by atoms with Crippen LogP contribution in [0.2, 0.25) is 0 Å². The van der Waals surface area contributed by atoms with Crippen molar-refractivity contribution in [2.24, 2.45) is 10.4 Å². The summed E-state index contributed by atoms with van der Waals surface area (Å²) in [4.78, 5) is 9.47. The van der Waals surface area contributed by atoms with Gasteiger partial charge in [-0.1, -0.05) is 26.7 Å². The molecule has 5 nitrogen and oxygen atoms in total. The summed E-state index contributed by atoms with van der Waals surface area (Å²) in [5, 5.41) is 7.06. The van der Waals surface area contributed by atoms with Crippen LogP contribution in [0, 0.1) is 5.41 Å². The van der Waals surface area contributed by atoms with Crippen LogP contribution < -0.4 is 10.6 Å². The molecule has 0 amide bonds. The maximum absolute atomic E-state index is 4.39. The molecule has 0 bridgehead atoms. The molecule has 2 N–H and O–H groups in total. The first kappa shape index (κ1) is 18.5. The summed E-state index contributed by atoms with van der Waals surface area (Å²) >= 11 is 0. The number of guanidine groups is 1. The molecule has 1 saturated heterocycles. The average Bonchev–Trinajstić information content (AvgIpc) is 3.08. The van der Waals surface area contributed by atoms with E-state index in [1.807, 2.05) is 7.05 Å². The molecular weight excluding hydrogens is 286 g/mol. The lowest BCUT2D eigenvalue weighted by molar-refractivity contribution is 0.139. The van der Waals surface area contributed by atoms with Crippen molar-refractivity contribution in [3.63, 3.8) is 0 Å². The van der Waals surface area contributed by atoms with Gasteiger partial charge in [0, 0.05) is 52.9 Å². The molecule has 23 heavy (non-hydrogen) atoms. The minimum absolute atomic E-state index is 0.508. The number of likely N-dealkylation sites (N-methyl/N-ethyl adjacent to an activating group) is 1. The van der Waals surface area contributed by atoms with Crippen molar-refractivity contribution in [1.82, 2.24) is 20.4 Å². The molecule has 0 aromatic heterocycles. The first-order chi connectivity index (χ1) is 11.2. The van der Waals surface area contributed by atoms with Gasteiger partial charge in [0.2, 0.25) is 0 Å². The molecule has 0 atom stereocenters. The van der Waals surface area contributed by atoms with Crippen LogP contribution in [0.25, 0.3) is 0 Å². The molecule has 2 rings (SSSR count). The third kappa shape index (κ3) is 5.64. The molecule has 0 unspecified atom stereocenters. The minimum atomic E-state index is 0.508. The Morgan fingerprint density at radius 1 is 1.00 bits per heavy atom. The smallest absolute Gasteiger partial charge is 0.191 e. The Labute approximate surface area is 142 Å². The van der Waals surface area contributed by atoms with Gasteiger partial charge in [-0.05, 0) is 31.2 Å². The van der Waals surface area contributed by atoms with Gasteiger partial charge in [-0.25, -0.2) is 0 Å². The van der Waals surface area contributed by atoms with Crippen molar-refractivity contribution in [1.29, 1.82) is 0 Å². The summed E-state index contributed by atoms with van der Waals surface area (Å²) in [7, 11) is 1.88. The molecule has 2 fully saturated rings. The van der Waals surface area contributed by atoms with E-state index in [2.05, 4.69) is 39.3 Å². The summed E-state index contributed by atoms with van der Waals surface area (Å²) in [6.07, 6.45) is 6.81. The molecule has 1 heterocycles. The molecule has 1 aliphatic heterocycles. The van der Waals surface area contributed by atoms with Gasteiger partial charge in [-0.2, -0.15) is 0 Å². The van der Waals surface area contributed by atoms with Crippen molar-refractivity contribution in [3.8, 4) is 0 Å². The van der Waals surface area contributed by atoms with Crippen LogP contribution in [-0.4, -0.2) is 75.2 Å². The maximum Gasteiger partial charge on any atom is 0.191 e. The number of aliphatic imine (C=N–C) groups is 1. The first-order valence-electron chi connectivity index (χ1n) is 9.60. The van der Waals surface area contributed by atoms with Gasteiger partial charge in [0.05, 0.1) is 0 Å². The van der Waals surface area contributed by atoms with Crippen molar-refractivity contribution in [3.05, 3.63) is 0 Å². The third-order valence-corrected chi connectivity index (χ3v) is 5.90. The Morgan fingerprint density at radius 2 is 1.65 bits per heavy atom. The number of nitrogens with one attached hydrogen (secondary N) is 2. The summed E-state index contributed by atoms with van der Waals surface area (Å²) in [5.41, 5.74) is 0.508. The number of hydrogen-bond acceptors (Lipinski definition) is 3. The lowest BCUT2D eigenvalue weighted by Crippen LogP contribution is -2.49. The highest BCUT2D eigenvalue weighted by Crippen LogP contribution is 2.40. The number of hydrogen-bond donors (Lipinski definition) is 2. The van der Waals surface area contributed by atoms with Crippen molar-refractivity contribution in [2.45, 2.75) is 46.0 Å². The lowest BCUT2D eigenvalue weighted by atomic mass is 9.83. The van der Waals surface area contributed by atoms with Gasteiger partial charge < -0.3 is 15.5 Å². The third-order valence-electron chi connectivity index (χ3n) is 5.90. The SMILES string of the molecule is CCN1CCN(CCNC(=NC)NCC2(CC)CCCC2)CC1. The highest BCUT2D eigenvalue weighted by molar-refractivity contribution is 5.79. The average molecular weight is 324 g/mol. The summed E-state index contributed by atoms with van der Waals surface area (Å²) in [6.45, 7) is 13.7. The van der Waals surface area contributed by atoms with E-state index in [4.69, 9.17) is 0 Å². The second-order valence-corrected chi connectivity index (χ2v) is 7.19. The predicted molar refractivity (Wildman–Crippen MR) is 99.1 cm³/mol. The van der Waals surface area contributed by atoms with Gasteiger partial charge in [0.15, 0.2) is 5.96 Å². The Balaban J connectivity index is 1.63. The molecule has 134 valence electrons. The Bertz CT molecular complexity index is 354. The van der Waals surface area contributed by atoms with E-state index in [9.17, 15) is 0 Å². The van der Waals surface area contributed by atoms with Gasteiger partial charge in [0.1, 0.15) is 0 Å². The summed E-state index contributed by atoms with van der Waals surface area (Å²) in [5.74, 6) is 0.969. The molecule has 1 aliphatic carbocycles. The molecule has 0 spiro atoms. The second kappa shape index (κ2) is 9.48. The minimum Gasteiger partial charge on any atom is -0.356 e. The van der Waals surface area contributed by atoms with E-state index >= 15 is 0 Å². The number of piperazine rings is 1. The van der Waals surface area contributed by atoms with Crippen LogP contribution in [0.1, 0.15) is 46.0 Å². The fourth-order valence-corrected chi connectivity index (χ4v) is 3.93. The van der Waals surface area contributed by atoms with Crippen molar-refractivity contribution < 1.29 is 0 Å². The van der Waals surface area contributed by atoms with Gasteiger partial charge in [0.25, 0.3) is 0 Å². The normalized spacial score (nSPS) is 23.2. The Kier molecular flexibility index (Phi) is 7.63. The lowest BCUT2D eigenvalue weighted by Gasteiger charge is -2.34. The van der Waals surface area contributed by atoms with Crippen LogP contribution in [0.3, 0.4) is 0 Å². The fourth-order valence-electron chi connectivity index (χ4n) is 3.93. The Hall–Kier alpha value is -0.810. The number of nitrogens with zero attached hydrogens (tertiary/aromatic N) is 3. The van der Waals surface area contributed by atoms with Gasteiger partial charge in [-0.15, -0.1) is 0 Å². The highest BCUT2D eigenvalue weighted by atomic mass is 15.3. The van der Waals surface area contributed by atoms with Gasteiger partial charge in [-0.3, -0.25) is 9.89 Å². The van der Waals surface area contributed by atoms with Crippen LogP contribution in [-0.2, 0) is 0 Å². The van der Waals surface area contributed by atoms with Crippen LogP contribution >= 0.6 is 0 Å². The monoisotopic (exact) mass is 323 g/mol. The summed E-state index contributed by atoms with van der Waals surface area (Å²) in [6, 6.07) is 0. The van der Waals surface area contributed by atoms with Crippen LogP contribution in [0.4, 0.5) is 0 Å². The zero-order valence-corrected chi connectivity index (χ0v) is 15.5.